The van der Waals surface area contributed by atoms with Gasteiger partial charge in [-0.3, -0.25) is 13.9 Å². The Kier molecular flexibility index (Phi) is 7.17. The summed E-state index contributed by atoms with van der Waals surface area (Å²) >= 11 is 0. The van der Waals surface area contributed by atoms with Crippen LogP contribution < -0.4 is 15.3 Å². The van der Waals surface area contributed by atoms with Crippen LogP contribution in [0.3, 0.4) is 0 Å². The van der Waals surface area contributed by atoms with Crippen LogP contribution in [0.25, 0.3) is 17.4 Å². The van der Waals surface area contributed by atoms with Crippen LogP contribution in [0.1, 0.15) is 6.92 Å². The summed E-state index contributed by atoms with van der Waals surface area (Å²) in [4.78, 5) is 23.8. The molecule has 0 aliphatic carbocycles. The normalized spacial score (nSPS) is 13.6. The van der Waals surface area contributed by atoms with Gasteiger partial charge in [-0.2, -0.15) is 5.09 Å². The molecule has 3 rings (SSSR count). The Labute approximate surface area is 178 Å². The highest BCUT2D eigenvalue weighted by Gasteiger charge is 2.31. The second-order valence-corrected chi connectivity index (χ2v) is 7.85. The third-order valence-electron chi connectivity index (χ3n) is 3.92. The Balaban J connectivity index is 1.71. The topological polar surface area (TPSA) is 143 Å². The van der Waals surface area contributed by atoms with Gasteiger partial charge in [0.15, 0.2) is 17.0 Å². The summed E-state index contributed by atoms with van der Waals surface area (Å²) in [6, 6.07) is 7.55. The molecule has 162 valence electrons. The predicted molar refractivity (Wildman–Crippen MR) is 114 cm³/mol. The number of methoxy groups -OCH3 is 1. The number of hydrogen-bond donors (Lipinski definition) is 2. The van der Waals surface area contributed by atoms with Crippen LogP contribution in [-0.4, -0.2) is 45.2 Å². The van der Waals surface area contributed by atoms with Crippen molar-refractivity contribution in [3.8, 4) is 5.75 Å². The fraction of sp³-hybridized carbons (Fsp3) is 0.211. The highest BCUT2D eigenvalue weighted by atomic mass is 31.2. The van der Waals surface area contributed by atoms with Gasteiger partial charge in [-0.25, -0.2) is 19.5 Å². The van der Waals surface area contributed by atoms with Crippen LogP contribution >= 0.6 is 7.75 Å². The summed E-state index contributed by atoms with van der Waals surface area (Å²) in [6.07, 6.45) is 5.89. The minimum absolute atomic E-state index is 0.120. The Morgan fingerprint density at radius 1 is 1.32 bits per heavy atom. The number of para-hydroxylation sites is 1. The molecule has 0 aliphatic rings. The highest BCUT2D eigenvalue weighted by Crippen LogP contribution is 2.44. The number of carbonyl (C=O) groups excluding carboxylic acids is 1. The third kappa shape index (κ3) is 5.78. The fourth-order valence-electron chi connectivity index (χ4n) is 2.46. The van der Waals surface area contributed by atoms with E-state index in [4.69, 9.17) is 14.8 Å². The van der Waals surface area contributed by atoms with Gasteiger partial charge in [0.2, 0.25) is 0 Å². The molecule has 0 aliphatic heterocycles. The summed E-state index contributed by atoms with van der Waals surface area (Å²) in [5.41, 5.74) is 9.61. The van der Waals surface area contributed by atoms with Crippen molar-refractivity contribution in [3.63, 3.8) is 0 Å². The van der Waals surface area contributed by atoms with Crippen molar-refractivity contribution in [3.05, 3.63) is 54.8 Å². The van der Waals surface area contributed by atoms with Crippen LogP contribution in [0.5, 0.6) is 5.75 Å². The van der Waals surface area contributed by atoms with E-state index < -0.39 is 19.8 Å². The Morgan fingerprint density at radius 3 is 2.84 bits per heavy atom. The fourth-order valence-corrected chi connectivity index (χ4v) is 3.89. The molecule has 0 fully saturated rings. The number of benzene rings is 1. The molecule has 3 aromatic rings. The van der Waals surface area contributed by atoms with E-state index in [1.807, 2.05) is 0 Å². The van der Waals surface area contributed by atoms with Crippen molar-refractivity contribution < 1.29 is 23.1 Å². The van der Waals surface area contributed by atoms with Gasteiger partial charge < -0.3 is 15.0 Å². The zero-order chi connectivity index (χ0) is 22.3. The number of carbonyl (C=O) groups is 1. The second kappa shape index (κ2) is 10.0. The lowest BCUT2D eigenvalue weighted by Gasteiger charge is -2.21. The Bertz CT molecular complexity index is 1160. The number of fused-ring (bicyclic) bond motifs is 1. The molecule has 2 heterocycles. The van der Waals surface area contributed by atoms with Gasteiger partial charge in [0.1, 0.15) is 24.4 Å². The maximum atomic E-state index is 13.2. The van der Waals surface area contributed by atoms with Crippen molar-refractivity contribution >= 4 is 36.9 Å². The van der Waals surface area contributed by atoms with Crippen molar-refractivity contribution in [2.24, 2.45) is 0 Å². The number of anilines is 1. The second-order valence-electron chi connectivity index (χ2n) is 6.15. The Morgan fingerprint density at radius 2 is 2.10 bits per heavy atom. The van der Waals surface area contributed by atoms with Crippen molar-refractivity contribution in [2.75, 3.05) is 19.5 Å². The molecule has 0 saturated heterocycles. The first-order valence-electron chi connectivity index (χ1n) is 9.11. The molecule has 0 spiro atoms. The number of ether oxygens (including phenoxy) is 1. The lowest BCUT2D eigenvalue weighted by atomic mass is 10.3. The molecule has 31 heavy (non-hydrogen) atoms. The van der Waals surface area contributed by atoms with E-state index in [0.717, 1.165) is 0 Å². The standard InChI is InChI=1S/C19H21N6O5P/c1-14(19(26)28-2)24-31(27,30-15-8-4-3-5-9-15)29-11-7-6-10-25-13-23-16-17(20)21-12-22-18(16)25/h3-5,7-10,12-14H,11H2,1-2H3,(H,24,27)(H2,20,21,22)/t6?,14-,31?/m0/s1. The maximum Gasteiger partial charge on any atom is 0.459 e. The average Bonchev–Trinajstić information content (AvgIpc) is 3.18. The molecule has 12 heteroatoms. The van der Waals surface area contributed by atoms with Crippen molar-refractivity contribution in [2.45, 2.75) is 13.0 Å². The van der Waals surface area contributed by atoms with Crippen LogP contribution in [0.4, 0.5) is 5.82 Å². The number of nitrogens with zero attached hydrogens (tertiary/aromatic N) is 4. The summed E-state index contributed by atoms with van der Waals surface area (Å²) in [7, 11) is -2.67. The van der Waals surface area contributed by atoms with Crippen LogP contribution in [0.2, 0.25) is 0 Å². The SMILES string of the molecule is COC(=O)[C@H](C)NP(=O)(OCC=C=Cn1cnc2c(N)ncnc21)Oc1ccccc1. The molecule has 11 nitrogen and oxygen atoms in total. The van der Waals surface area contributed by atoms with Crippen molar-refractivity contribution in [1.82, 2.24) is 24.6 Å². The first-order valence-corrected chi connectivity index (χ1v) is 10.6. The summed E-state index contributed by atoms with van der Waals surface area (Å²) in [6.45, 7) is 1.37. The van der Waals surface area contributed by atoms with E-state index in [9.17, 15) is 9.36 Å². The minimum Gasteiger partial charge on any atom is -0.468 e. The van der Waals surface area contributed by atoms with Gasteiger partial charge in [0, 0.05) is 0 Å². The Hall–Kier alpha value is -3.49. The molecule has 2 aromatic heterocycles. The number of nitrogens with two attached hydrogens (primary N) is 1. The van der Waals surface area contributed by atoms with E-state index in [2.05, 4.69) is 30.5 Å². The number of nitrogens with one attached hydrogen (secondary N) is 1. The first kappa shape index (κ1) is 22.2. The third-order valence-corrected chi connectivity index (χ3v) is 5.57. The van der Waals surface area contributed by atoms with Gasteiger partial charge in [-0.15, -0.1) is 5.73 Å². The minimum atomic E-state index is -3.90. The smallest absolute Gasteiger partial charge is 0.459 e. The van der Waals surface area contributed by atoms with Gasteiger partial charge in [-0.1, -0.05) is 18.2 Å². The van der Waals surface area contributed by atoms with Crippen molar-refractivity contribution in [1.29, 1.82) is 0 Å². The number of imidazole rings is 1. The van der Waals surface area contributed by atoms with Gasteiger partial charge >= 0.3 is 13.7 Å². The average molecular weight is 444 g/mol. The molecule has 2 atom stereocenters. The maximum absolute atomic E-state index is 13.2. The number of nitrogen functional groups attached to an aromatic ring is 1. The largest absolute Gasteiger partial charge is 0.468 e. The van der Waals surface area contributed by atoms with E-state index in [1.165, 1.54) is 32.8 Å². The number of rotatable bonds is 9. The van der Waals surface area contributed by atoms with Crippen LogP contribution in [0, 0.1) is 0 Å². The molecule has 3 N–H and O–H groups in total. The zero-order valence-corrected chi connectivity index (χ0v) is 17.7. The van der Waals surface area contributed by atoms with Gasteiger partial charge in [0.25, 0.3) is 0 Å². The van der Waals surface area contributed by atoms with Gasteiger partial charge in [-0.05, 0) is 25.1 Å². The lowest BCUT2D eigenvalue weighted by Crippen LogP contribution is -2.34. The molecule has 0 radical (unpaired) electrons. The van der Waals surface area contributed by atoms with E-state index in [-0.39, 0.29) is 12.4 Å². The number of aromatic nitrogens is 4. The number of hydrogen-bond acceptors (Lipinski definition) is 9. The molecule has 0 bridgehead atoms. The monoisotopic (exact) mass is 444 g/mol. The molecule has 1 aromatic carbocycles. The highest BCUT2D eigenvalue weighted by molar-refractivity contribution is 7.52. The van der Waals surface area contributed by atoms with Gasteiger partial charge in [0.05, 0.1) is 19.9 Å². The lowest BCUT2D eigenvalue weighted by molar-refractivity contribution is -0.142. The molecule has 0 amide bonds. The summed E-state index contributed by atoms with van der Waals surface area (Å²) in [5, 5.41) is 2.56. The zero-order valence-electron chi connectivity index (χ0n) is 16.8. The molecule has 0 saturated carbocycles. The molecular formula is C19H21N6O5P. The van der Waals surface area contributed by atoms with Crippen LogP contribution in [0.15, 0.2) is 54.8 Å². The molecule has 1 unspecified atom stereocenters. The van der Waals surface area contributed by atoms with E-state index >= 15 is 0 Å². The summed E-state index contributed by atoms with van der Waals surface area (Å²) in [5.74, 6) is -0.0180. The first-order chi connectivity index (χ1) is 14.9. The van der Waals surface area contributed by atoms with E-state index in [0.29, 0.717) is 16.9 Å². The summed E-state index contributed by atoms with van der Waals surface area (Å²) < 4.78 is 30.3. The van der Waals surface area contributed by atoms with E-state index in [1.54, 1.807) is 41.1 Å². The quantitative estimate of drug-likeness (QED) is 0.287. The predicted octanol–water partition coefficient (Wildman–Crippen LogP) is 2.39. The molecular weight excluding hydrogens is 423 g/mol. The van der Waals surface area contributed by atoms with Crippen LogP contribution in [-0.2, 0) is 18.6 Å². The number of esters is 1.